The monoisotopic (exact) mass is 488 g/mol. The predicted octanol–water partition coefficient (Wildman–Crippen LogP) is 4.45. The third-order valence-corrected chi connectivity index (χ3v) is 8.20. The number of thioether (sulfide) groups is 1. The van der Waals surface area contributed by atoms with Gasteiger partial charge in [-0.25, -0.2) is 9.37 Å². The lowest BCUT2D eigenvalue weighted by Gasteiger charge is -2.36. The van der Waals surface area contributed by atoms with E-state index in [2.05, 4.69) is 6.92 Å². The molecule has 176 valence electrons. The maximum absolute atomic E-state index is 14.1. The van der Waals surface area contributed by atoms with Gasteiger partial charge in [0.1, 0.15) is 10.6 Å². The number of carbonyl (C=O) groups excluding carboxylic acids is 1. The first-order valence-corrected chi connectivity index (χ1v) is 13.1. The van der Waals surface area contributed by atoms with Crippen LogP contribution in [0.5, 0.6) is 0 Å². The van der Waals surface area contributed by atoms with E-state index in [0.717, 1.165) is 28.1 Å². The number of hydrogen-bond donors (Lipinski definition) is 0. The van der Waals surface area contributed by atoms with E-state index in [1.54, 1.807) is 16.7 Å². The first-order chi connectivity index (χ1) is 15.9. The largest absolute Gasteiger partial charge is 0.366 e. The topological polar surface area (TPSA) is 58.4 Å². The summed E-state index contributed by atoms with van der Waals surface area (Å²) in [5.74, 6) is 0.00845. The molecule has 4 rings (SSSR count). The van der Waals surface area contributed by atoms with E-state index in [-0.39, 0.29) is 23.0 Å². The number of hydrogen-bond acceptors (Lipinski definition) is 6. The molecule has 0 radical (unpaired) electrons. The van der Waals surface area contributed by atoms with Crippen LogP contribution in [-0.2, 0) is 11.3 Å². The number of piperazine rings is 1. The number of anilines is 1. The molecule has 0 saturated carbocycles. The van der Waals surface area contributed by atoms with Crippen LogP contribution >= 0.6 is 23.1 Å². The van der Waals surface area contributed by atoms with Crippen molar-refractivity contribution < 1.29 is 9.18 Å². The number of halogens is 1. The van der Waals surface area contributed by atoms with Crippen molar-refractivity contribution in [3.63, 3.8) is 0 Å². The smallest absolute Gasteiger partial charge is 0.263 e. The summed E-state index contributed by atoms with van der Waals surface area (Å²) < 4.78 is 15.8. The lowest BCUT2D eigenvalue weighted by Crippen LogP contribution is -2.49. The summed E-state index contributed by atoms with van der Waals surface area (Å²) in [5, 5.41) is 1.31. The molecule has 9 heteroatoms. The molecular weight excluding hydrogens is 459 g/mol. The highest BCUT2D eigenvalue weighted by atomic mass is 32.2. The lowest BCUT2D eigenvalue weighted by molar-refractivity contribution is -0.128. The Hall–Kier alpha value is -2.39. The van der Waals surface area contributed by atoms with Gasteiger partial charge in [-0.05, 0) is 38.0 Å². The molecule has 0 atom stereocenters. The Bertz CT molecular complexity index is 1220. The Morgan fingerprint density at radius 2 is 1.91 bits per heavy atom. The predicted molar refractivity (Wildman–Crippen MR) is 134 cm³/mol. The molecule has 0 aliphatic carbocycles. The molecule has 2 aromatic heterocycles. The second kappa shape index (κ2) is 10.3. The Balaban J connectivity index is 1.45. The number of fused-ring (bicyclic) bond motifs is 1. The summed E-state index contributed by atoms with van der Waals surface area (Å²) >= 11 is 2.87. The van der Waals surface area contributed by atoms with E-state index in [1.807, 2.05) is 29.7 Å². The molecule has 0 unspecified atom stereocenters. The SMILES string of the molecule is CCCCn1c(SCC(=O)N2CCN(c3ccccc3F)CC2)nc2sc(C)c(C)c2c1=O. The average Bonchev–Trinajstić information content (AvgIpc) is 3.10. The zero-order valence-electron chi connectivity index (χ0n) is 19.3. The van der Waals surface area contributed by atoms with Crippen molar-refractivity contribution in [1.82, 2.24) is 14.5 Å². The molecule has 1 aromatic carbocycles. The number of rotatable bonds is 7. The quantitative estimate of drug-likeness (QED) is 0.363. The second-order valence-corrected chi connectivity index (χ2v) is 10.4. The summed E-state index contributed by atoms with van der Waals surface area (Å²) in [6.07, 6.45) is 1.86. The fourth-order valence-electron chi connectivity index (χ4n) is 4.05. The average molecular weight is 489 g/mol. The van der Waals surface area contributed by atoms with Crippen LogP contribution in [0.4, 0.5) is 10.1 Å². The van der Waals surface area contributed by atoms with Gasteiger partial charge in [-0.2, -0.15) is 0 Å². The van der Waals surface area contributed by atoms with Crippen molar-refractivity contribution in [2.45, 2.75) is 45.3 Å². The molecule has 1 aliphatic rings. The van der Waals surface area contributed by atoms with Crippen molar-refractivity contribution in [3.8, 4) is 0 Å². The summed E-state index contributed by atoms with van der Waals surface area (Å²) in [6.45, 7) is 8.96. The molecule has 1 saturated heterocycles. The number of aromatic nitrogens is 2. The van der Waals surface area contributed by atoms with Crippen LogP contribution in [0.3, 0.4) is 0 Å². The molecule has 33 heavy (non-hydrogen) atoms. The minimum Gasteiger partial charge on any atom is -0.366 e. The Morgan fingerprint density at radius 3 is 2.61 bits per heavy atom. The highest BCUT2D eigenvalue weighted by Crippen LogP contribution is 2.29. The van der Waals surface area contributed by atoms with Crippen LogP contribution in [0.1, 0.15) is 30.2 Å². The minimum absolute atomic E-state index is 0.0104. The highest BCUT2D eigenvalue weighted by Gasteiger charge is 2.24. The minimum atomic E-state index is -0.238. The van der Waals surface area contributed by atoms with Gasteiger partial charge in [-0.3, -0.25) is 14.2 Å². The van der Waals surface area contributed by atoms with Gasteiger partial charge < -0.3 is 9.80 Å². The molecule has 1 aliphatic heterocycles. The number of carbonyl (C=O) groups is 1. The number of thiophene rings is 1. The molecule has 0 N–H and O–H groups in total. The summed E-state index contributed by atoms with van der Waals surface area (Å²) in [7, 11) is 0. The standard InChI is InChI=1S/C24H29FN4O2S2/c1-4-5-10-29-23(31)21-16(2)17(3)33-22(21)26-24(29)32-15-20(30)28-13-11-27(12-14-28)19-9-7-6-8-18(19)25/h6-9H,4-5,10-15H2,1-3H3. The maximum Gasteiger partial charge on any atom is 0.263 e. The molecule has 3 heterocycles. The summed E-state index contributed by atoms with van der Waals surface area (Å²) in [6, 6.07) is 6.74. The number of nitrogens with zero attached hydrogens (tertiary/aromatic N) is 4. The lowest BCUT2D eigenvalue weighted by atomic mass is 10.2. The maximum atomic E-state index is 14.1. The molecule has 6 nitrogen and oxygen atoms in total. The molecule has 0 spiro atoms. The molecule has 1 fully saturated rings. The normalized spacial score (nSPS) is 14.3. The molecular formula is C24H29FN4O2S2. The molecule has 1 amide bonds. The highest BCUT2D eigenvalue weighted by molar-refractivity contribution is 7.99. The van der Waals surface area contributed by atoms with Crippen molar-refractivity contribution in [2.24, 2.45) is 0 Å². The first-order valence-electron chi connectivity index (χ1n) is 11.3. The van der Waals surface area contributed by atoms with Gasteiger partial charge in [-0.1, -0.05) is 37.2 Å². The third kappa shape index (κ3) is 4.94. The van der Waals surface area contributed by atoms with Crippen LogP contribution in [0.25, 0.3) is 10.2 Å². The fourth-order valence-corrected chi connectivity index (χ4v) is 6.05. The van der Waals surface area contributed by atoms with Gasteiger partial charge in [0.2, 0.25) is 5.91 Å². The van der Waals surface area contributed by atoms with E-state index in [9.17, 15) is 14.0 Å². The zero-order valence-corrected chi connectivity index (χ0v) is 20.9. The van der Waals surface area contributed by atoms with Gasteiger partial charge in [-0.15, -0.1) is 11.3 Å². The van der Waals surface area contributed by atoms with Crippen molar-refractivity contribution in [2.75, 3.05) is 36.8 Å². The van der Waals surface area contributed by atoms with Crippen molar-refractivity contribution >= 4 is 44.9 Å². The number of benzene rings is 1. The van der Waals surface area contributed by atoms with Crippen LogP contribution in [0.15, 0.2) is 34.2 Å². The Kier molecular flexibility index (Phi) is 7.38. The van der Waals surface area contributed by atoms with Crippen molar-refractivity contribution in [3.05, 3.63) is 50.9 Å². The Morgan fingerprint density at radius 1 is 1.18 bits per heavy atom. The number of aryl methyl sites for hydroxylation is 2. The van der Waals surface area contributed by atoms with Gasteiger partial charge in [0, 0.05) is 37.6 Å². The molecule has 0 bridgehead atoms. The van der Waals surface area contributed by atoms with Crippen LogP contribution < -0.4 is 10.5 Å². The van der Waals surface area contributed by atoms with Crippen LogP contribution in [0, 0.1) is 19.7 Å². The number of para-hydroxylation sites is 1. The number of amides is 1. The van der Waals surface area contributed by atoms with E-state index in [1.165, 1.54) is 29.2 Å². The second-order valence-electron chi connectivity index (χ2n) is 8.28. The van der Waals surface area contributed by atoms with E-state index in [0.29, 0.717) is 49.0 Å². The van der Waals surface area contributed by atoms with Gasteiger partial charge >= 0.3 is 0 Å². The van der Waals surface area contributed by atoms with Crippen molar-refractivity contribution in [1.29, 1.82) is 0 Å². The fraction of sp³-hybridized carbons (Fsp3) is 0.458. The van der Waals surface area contributed by atoms with Crippen LogP contribution in [0.2, 0.25) is 0 Å². The third-order valence-electron chi connectivity index (χ3n) is 6.14. The molecule has 3 aromatic rings. The van der Waals surface area contributed by atoms with E-state index in [4.69, 9.17) is 4.98 Å². The van der Waals surface area contributed by atoms with Gasteiger partial charge in [0.25, 0.3) is 5.56 Å². The number of unbranched alkanes of at least 4 members (excludes halogenated alkanes) is 1. The Labute approximate surface area is 201 Å². The van der Waals surface area contributed by atoms with Crippen LogP contribution in [-0.4, -0.2) is 52.3 Å². The van der Waals surface area contributed by atoms with E-state index >= 15 is 0 Å². The van der Waals surface area contributed by atoms with E-state index < -0.39 is 0 Å². The van der Waals surface area contributed by atoms with Gasteiger partial charge in [0.05, 0.1) is 16.8 Å². The zero-order chi connectivity index (χ0) is 23.5. The summed E-state index contributed by atoms with van der Waals surface area (Å²) in [4.78, 5) is 36.5. The summed E-state index contributed by atoms with van der Waals surface area (Å²) in [5.41, 5.74) is 1.57. The van der Waals surface area contributed by atoms with Gasteiger partial charge in [0.15, 0.2) is 5.16 Å². The first kappa shape index (κ1) is 23.8.